The van der Waals surface area contributed by atoms with Gasteiger partial charge in [0.1, 0.15) is 5.78 Å². The molecule has 112 valence electrons. The quantitative estimate of drug-likeness (QED) is 0.802. The first-order valence-corrected chi connectivity index (χ1v) is 7.77. The van der Waals surface area contributed by atoms with E-state index in [4.69, 9.17) is 0 Å². The van der Waals surface area contributed by atoms with E-state index in [1.807, 2.05) is 24.1 Å². The van der Waals surface area contributed by atoms with Gasteiger partial charge in [0, 0.05) is 44.2 Å². The van der Waals surface area contributed by atoms with E-state index in [-0.39, 0.29) is 5.92 Å². The van der Waals surface area contributed by atoms with Crippen LogP contribution in [-0.4, -0.2) is 34.1 Å². The predicted octanol–water partition coefficient (Wildman–Crippen LogP) is 2.64. The molecule has 20 heavy (non-hydrogen) atoms. The van der Waals surface area contributed by atoms with Crippen molar-refractivity contribution >= 4 is 5.78 Å². The van der Waals surface area contributed by atoms with Crippen molar-refractivity contribution in [1.29, 1.82) is 0 Å². The third-order valence-corrected chi connectivity index (χ3v) is 4.31. The lowest BCUT2D eigenvalue weighted by molar-refractivity contribution is -0.126. The number of Topliss-reactive ketones (excluding diaryl/α,β-unsaturated/α-hetero) is 1. The van der Waals surface area contributed by atoms with E-state index >= 15 is 0 Å². The number of carbonyl (C=O) groups is 1. The molecule has 1 aliphatic rings. The molecular formula is C16H27N3O. The minimum atomic E-state index is 0.238. The van der Waals surface area contributed by atoms with Crippen LogP contribution in [0.1, 0.15) is 44.6 Å². The summed E-state index contributed by atoms with van der Waals surface area (Å²) in [6.45, 7) is 3.99. The molecule has 0 amide bonds. The molecule has 0 bridgehead atoms. The molecule has 1 saturated carbocycles. The van der Waals surface area contributed by atoms with Gasteiger partial charge in [-0.3, -0.25) is 9.48 Å². The Labute approximate surface area is 122 Å². The van der Waals surface area contributed by atoms with Crippen LogP contribution < -0.4 is 0 Å². The maximum Gasteiger partial charge on any atom is 0.137 e. The van der Waals surface area contributed by atoms with Gasteiger partial charge >= 0.3 is 0 Å². The Morgan fingerprint density at radius 3 is 2.95 bits per heavy atom. The topological polar surface area (TPSA) is 38.1 Å². The molecule has 0 spiro atoms. The molecular weight excluding hydrogens is 250 g/mol. The van der Waals surface area contributed by atoms with Crippen molar-refractivity contribution in [2.45, 2.75) is 45.6 Å². The molecule has 0 aliphatic heterocycles. The highest BCUT2D eigenvalue weighted by Gasteiger charge is 2.28. The van der Waals surface area contributed by atoms with Gasteiger partial charge in [-0.2, -0.15) is 5.10 Å². The number of aromatic nitrogens is 2. The normalized spacial score (nSPS) is 23.5. The van der Waals surface area contributed by atoms with E-state index in [0.717, 1.165) is 38.3 Å². The van der Waals surface area contributed by atoms with E-state index in [9.17, 15) is 4.79 Å². The molecule has 1 heterocycles. The van der Waals surface area contributed by atoms with Crippen molar-refractivity contribution in [2.24, 2.45) is 18.9 Å². The Morgan fingerprint density at radius 2 is 2.30 bits per heavy atom. The molecule has 0 radical (unpaired) electrons. The number of carbonyl (C=O) groups excluding carboxylic acids is 1. The third kappa shape index (κ3) is 4.17. The molecule has 1 aromatic heterocycles. The summed E-state index contributed by atoms with van der Waals surface area (Å²) in [6.07, 6.45) is 9.43. The van der Waals surface area contributed by atoms with Crippen LogP contribution >= 0.6 is 0 Å². The van der Waals surface area contributed by atoms with E-state index in [1.54, 1.807) is 0 Å². The van der Waals surface area contributed by atoms with Gasteiger partial charge in [0.15, 0.2) is 0 Å². The molecule has 4 nitrogen and oxygen atoms in total. The fraction of sp³-hybridized carbons (Fsp3) is 0.750. The molecule has 2 rings (SSSR count). The Morgan fingerprint density at radius 1 is 1.50 bits per heavy atom. The summed E-state index contributed by atoms with van der Waals surface area (Å²) in [7, 11) is 4.03. The number of nitrogens with zero attached hydrogens (tertiary/aromatic N) is 3. The molecule has 1 aliphatic carbocycles. The Hall–Kier alpha value is -1.16. The van der Waals surface area contributed by atoms with Crippen molar-refractivity contribution in [3.05, 3.63) is 18.0 Å². The van der Waals surface area contributed by atoms with Crippen molar-refractivity contribution in [3.63, 3.8) is 0 Å². The molecule has 2 atom stereocenters. The zero-order valence-corrected chi connectivity index (χ0v) is 13.0. The summed E-state index contributed by atoms with van der Waals surface area (Å²) < 4.78 is 1.83. The number of hydrogen-bond donors (Lipinski definition) is 0. The van der Waals surface area contributed by atoms with E-state index < -0.39 is 0 Å². The average Bonchev–Trinajstić information content (AvgIpc) is 2.79. The molecule has 0 aromatic carbocycles. The third-order valence-electron chi connectivity index (χ3n) is 4.31. The average molecular weight is 277 g/mol. The van der Waals surface area contributed by atoms with E-state index in [2.05, 4.69) is 24.0 Å². The van der Waals surface area contributed by atoms with Gasteiger partial charge in [-0.1, -0.05) is 19.8 Å². The molecule has 0 saturated heterocycles. The summed E-state index contributed by atoms with van der Waals surface area (Å²) in [5, 5.41) is 4.19. The van der Waals surface area contributed by atoms with Crippen LogP contribution in [0.3, 0.4) is 0 Å². The van der Waals surface area contributed by atoms with Gasteiger partial charge in [0.05, 0.1) is 6.20 Å². The van der Waals surface area contributed by atoms with Crippen molar-refractivity contribution in [3.8, 4) is 0 Å². The molecule has 2 unspecified atom stereocenters. The van der Waals surface area contributed by atoms with Crippen LogP contribution in [0.2, 0.25) is 0 Å². The van der Waals surface area contributed by atoms with Gasteiger partial charge in [-0.05, 0) is 25.8 Å². The lowest BCUT2D eigenvalue weighted by Crippen LogP contribution is -2.34. The fourth-order valence-electron chi connectivity index (χ4n) is 3.35. The summed E-state index contributed by atoms with van der Waals surface area (Å²) in [4.78, 5) is 14.4. The summed E-state index contributed by atoms with van der Waals surface area (Å²) in [6, 6.07) is 0. The first-order chi connectivity index (χ1) is 9.58. The zero-order valence-electron chi connectivity index (χ0n) is 13.0. The Balaban J connectivity index is 1.85. The SMILES string of the molecule is CCCC1CCC(=O)C(CN(C)Cc2cnn(C)c2)C1. The number of rotatable bonds is 6. The highest BCUT2D eigenvalue weighted by Crippen LogP contribution is 2.30. The lowest BCUT2D eigenvalue weighted by atomic mass is 9.78. The minimum Gasteiger partial charge on any atom is -0.301 e. The van der Waals surface area contributed by atoms with Crippen LogP contribution in [0.5, 0.6) is 0 Å². The Bertz CT molecular complexity index is 441. The number of aryl methyl sites for hydroxylation is 1. The number of hydrogen-bond acceptors (Lipinski definition) is 3. The van der Waals surface area contributed by atoms with Crippen molar-refractivity contribution in [2.75, 3.05) is 13.6 Å². The van der Waals surface area contributed by atoms with Crippen LogP contribution in [0.15, 0.2) is 12.4 Å². The van der Waals surface area contributed by atoms with E-state index in [0.29, 0.717) is 5.78 Å². The Kier molecular flexibility index (Phi) is 5.35. The first-order valence-electron chi connectivity index (χ1n) is 7.77. The predicted molar refractivity (Wildman–Crippen MR) is 80.3 cm³/mol. The smallest absolute Gasteiger partial charge is 0.137 e. The largest absolute Gasteiger partial charge is 0.301 e. The van der Waals surface area contributed by atoms with Crippen molar-refractivity contribution < 1.29 is 4.79 Å². The first kappa shape index (κ1) is 15.2. The van der Waals surface area contributed by atoms with Gasteiger partial charge < -0.3 is 4.90 Å². The van der Waals surface area contributed by atoms with Gasteiger partial charge in [-0.25, -0.2) is 0 Å². The molecule has 1 fully saturated rings. The van der Waals surface area contributed by atoms with Crippen LogP contribution in [-0.2, 0) is 18.4 Å². The highest BCUT2D eigenvalue weighted by atomic mass is 16.1. The number of ketones is 1. The zero-order chi connectivity index (χ0) is 14.5. The highest BCUT2D eigenvalue weighted by molar-refractivity contribution is 5.81. The van der Waals surface area contributed by atoms with Crippen LogP contribution in [0, 0.1) is 11.8 Å². The maximum absolute atomic E-state index is 12.1. The second kappa shape index (κ2) is 7.02. The summed E-state index contributed by atoms with van der Waals surface area (Å²) in [5.41, 5.74) is 1.21. The van der Waals surface area contributed by atoms with Gasteiger partial charge in [-0.15, -0.1) is 0 Å². The van der Waals surface area contributed by atoms with Gasteiger partial charge in [0.25, 0.3) is 0 Å². The second-order valence-electron chi connectivity index (χ2n) is 6.31. The van der Waals surface area contributed by atoms with Crippen molar-refractivity contribution in [1.82, 2.24) is 14.7 Å². The second-order valence-corrected chi connectivity index (χ2v) is 6.31. The summed E-state index contributed by atoms with van der Waals surface area (Å²) >= 11 is 0. The minimum absolute atomic E-state index is 0.238. The molecule has 4 heteroatoms. The van der Waals surface area contributed by atoms with Crippen LogP contribution in [0.25, 0.3) is 0 Å². The molecule has 1 aromatic rings. The standard InChI is InChI=1S/C16H27N3O/c1-4-5-13-6-7-16(20)15(8-13)12-18(2)10-14-9-17-19(3)11-14/h9,11,13,15H,4-8,10,12H2,1-3H3. The molecule has 0 N–H and O–H groups in total. The monoisotopic (exact) mass is 277 g/mol. The van der Waals surface area contributed by atoms with Crippen LogP contribution in [0.4, 0.5) is 0 Å². The maximum atomic E-state index is 12.1. The fourth-order valence-corrected chi connectivity index (χ4v) is 3.35. The van der Waals surface area contributed by atoms with Gasteiger partial charge in [0.2, 0.25) is 0 Å². The summed E-state index contributed by atoms with van der Waals surface area (Å²) in [5.74, 6) is 1.46. The van der Waals surface area contributed by atoms with E-state index in [1.165, 1.54) is 18.4 Å². The lowest BCUT2D eigenvalue weighted by Gasteiger charge is -2.30.